The van der Waals surface area contributed by atoms with E-state index in [2.05, 4.69) is 461 Å². The normalized spacial score (nSPS) is 12.5. The van der Waals surface area contributed by atoms with Crippen LogP contribution in [0.4, 0.5) is 0 Å². The molecule has 0 amide bonds. The molecule has 0 aromatic heterocycles. The molecular formula is C104H76Sn. The van der Waals surface area contributed by atoms with Gasteiger partial charge in [0.1, 0.15) is 0 Å². The summed E-state index contributed by atoms with van der Waals surface area (Å²) in [5.41, 5.74) is 28.0. The van der Waals surface area contributed by atoms with Crippen LogP contribution in [0.25, 0.3) is 91.1 Å². The average Bonchev–Trinajstić information content (AvgIpc) is 0.725. The van der Waals surface area contributed by atoms with Crippen molar-refractivity contribution in [2.24, 2.45) is 0 Å². The third-order valence-electron chi connectivity index (χ3n) is 20.2. The summed E-state index contributed by atoms with van der Waals surface area (Å²) in [6, 6.07) is 161. The van der Waals surface area contributed by atoms with Crippen molar-refractivity contribution in [3.8, 4) is 44.5 Å². The number of benzene rings is 16. The molecule has 105 heavy (non-hydrogen) atoms. The van der Waals surface area contributed by atoms with Crippen LogP contribution >= 0.6 is 0 Å². The second-order valence-electron chi connectivity index (χ2n) is 26.7. The van der Waals surface area contributed by atoms with Gasteiger partial charge in [0.25, 0.3) is 0 Å². The van der Waals surface area contributed by atoms with Crippen LogP contribution in [-0.4, -0.2) is 18.4 Å². The Morgan fingerprint density at radius 1 is 0.133 bits per heavy atom. The fraction of sp³-hybridized carbons (Fsp3) is 0. The van der Waals surface area contributed by atoms with Crippen LogP contribution in [0.2, 0.25) is 0 Å². The van der Waals surface area contributed by atoms with Crippen LogP contribution in [0.1, 0.15) is 66.8 Å². The quantitative estimate of drug-likeness (QED) is 0.0527. The van der Waals surface area contributed by atoms with Crippen LogP contribution in [0.3, 0.4) is 0 Å². The molecule has 0 aliphatic heterocycles. The molecule has 0 N–H and O–H groups in total. The molecule has 16 aromatic carbocycles. The average molecular weight is 1440 g/mol. The number of hydrogen-bond donors (Lipinski definition) is 0. The first-order chi connectivity index (χ1) is 52.0. The minimum absolute atomic E-state index is 1.14. The van der Waals surface area contributed by atoms with E-state index >= 15 is 0 Å². The summed E-state index contributed by atoms with van der Waals surface area (Å²) in [5, 5.41) is 0. The monoisotopic (exact) mass is 1440 g/mol. The molecule has 0 fully saturated rings. The van der Waals surface area contributed by atoms with Gasteiger partial charge >= 0.3 is 555 Å². The van der Waals surface area contributed by atoms with Gasteiger partial charge in [-0.15, -0.1) is 0 Å². The third kappa shape index (κ3) is 15.1. The SMILES string of the molecule is C(=C(c1ccccc1)c1cc[c]([Sn]([c]2ccc(C(=Cc3ccc(-c4ccccc4)cc3)c3ccccc3)cc2)([c]2ccc(C(=Cc3ccc(-c4ccccc4)cc3)c3ccccc3)cc2)[c]2ccc(C(=Cc3ccc(-c4ccccc4)cc3)c3ccccc3)cc2)cc1)c1ccc(-c2ccccc2)cc1. The summed E-state index contributed by atoms with van der Waals surface area (Å²) in [5.74, 6) is 0. The van der Waals surface area contributed by atoms with E-state index in [1.54, 1.807) is 0 Å². The van der Waals surface area contributed by atoms with E-state index in [1.807, 2.05) is 0 Å². The summed E-state index contributed by atoms with van der Waals surface area (Å²) >= 11 is -4.66. The molecular weight excluding hydrogens is 1370 g/mol. The molecule has 0 bridgehead atoms. The Bertz CT molecular complexity index is 4910. The molecule has 496 valence electrons. The molecule has 0 heterocycles. The van der Waals surface area contributed by atoms with Crippen molar-refractivity contribution >= 4 is 79.3 Å². The minimum atomic E-state index is -4.66. The zero-order valence-corrected chi connectivity index (χ0v) is 61.2. The van der Waals surface area contributed by atoms with E-state index < -0.39 is 18.4 Å². The second kappa shape index (κ2) is 31.7. The Morgan fingerprint density at radius 2 is 0.276 bits per heavy atom. The molecule has 16 aromatic rings. The summed E-state index contributed by atoms with van der Waals surface area (Å²) in [6.45, 7) is 0. The Morgan fingerprint density at radius 3 is 0.448 bits per heavy atom. The van der Waals surface area contributed by atoms with E-state index in [1.165, 1.54) is 58.8 Å². The topological polar surface area (TPSA) is 0 Å². The zero-order chi connectivity index (χ0) is 70.4. The Hall–Kier alpha value is -12.7. The van der Waals surface area contributed by atoms with Crippen LogP contribution in [0, 0.1) is 0 Å². The summed E-state index contributed by atoms with van der Waals surface area (Å²) in [7, 11) is 0. The summed E-state index contributed by atoms with van der Waals surface area (Å²) < 4.78 is 5.36. The molecule has 0 spiro atoms. The van der Waals surface area contributed by atoms with E-state index in [0.717, 1.165) is 89.1 Å². The van der Waals surface area contributed by atoms with Crippen molar-refractivity contribution in [1.29, 1.82) is 0 Å². The predicted molar refractivity (Wildman–Crippen MR) is 451 cm³/mol. The summed E-state index contributed by atoms with van der Waals surface area (Å²) in [6.07, 6.45) is 9.41. The van der Waals surface area contributed by atoms with Gasteiger partial charge in [-0.1, -0.05) is 72.8 Å². The van der Waals surface area contributed by atoms with E-state index in [-0.39, 0.29) is 0 Å². The fourth-order valence-electron chi connectivity index (χ4n) is 14.7. The molecule has 0 atom stereocenters. The third-order valence-corrected chi connectivity index (χ3v) is 33.9. The Kier molecular flexibility index (Phi) is 20.1. The molecule has 0 saturated carbocycles. The Labute approximate surface area is 622 Å². The molecule has 0 aliphatic rings. The maximum absolute atomic E-state index is 4.66. The van der Waals surface area contributed by atoms with E-state index in [0.29, 0.717) is 0 Å². The van der Waals surface area contributed by atoms with Crippen LogP contribution in [-0.2, 0) is 0 Å². The molecule has 0 nitrogen and oxygen atoms in total. The zero-order valence-electron chi connectivity index (χ0n) is 58.4. The van der Waals surface area contributed by atoms with Crippen molar-refractivity contribution in [1.82, 2.24) is 0 Å². The maximum atomic E-state index is 2.48. The summed E-state index contributed by atoms with van der Waals surface area (Å²) in [4.78, 5) is 0. The van der Waals surface area contributed by atoms with Crippen molar-refractivity contribution in [2.75, 3.05) is 0 Å². The van der Waals surface area contributed by atoms with Gasteiger partial charge in [-0.05, 0) is 0 Å². The first kappa shape index (κ1) is 66.8. The standard InChI is InChI=1S/4C26H19.Sn/c4*1-4-10-22(11-5-1)23-18-16-21(17-19-23)20-26(24-12-6-2-7-13-24)25-14-8-3-9-15-25;/h4*1-2,4-20H;. The van der Waals surface area contributed by atoms with Gasteiger partial charge in [-0.25, -0.2) is 0 Å². The van der Waals surface area contributed by atoms with E-state index in [4.69, 9.17) is 0 Å². The van der Waals surface area contributed by atoms with Crippen molar-refractivity contribution < 1.29 is 0 Å². The van der Waals surface area contributed by atoms with Gasteiger partial charge in [0.2, 0.25) is 0 Å². The fourth-order valence-corrected chi connectivity index (χ4v) is 28.0. The second-order valence-corrected chi connectivity index (χ2v) is 37.6. The van der Waals surface area contributed by atoms with Gasteiger partial charge in [0, 0.05) is 0 Å². The van der Waals surface area contributed by atoms with Crippen LogP contribution in [0.5, 0.6) is 0 Å². The Balaban J connectivity index is 0.885. The number of hydrogen-bond acceptors (Lipinski definition) is 0. The van der Waals surface area contributed by atoms with Crippen molar-refractivity contribution in [3.63, 3.8) is 0 Å². The van der Waals surface area contributed by atoms with Gasteiger partial charge in [0.15, 0.2) is 0 Å². The van der Waals surface area contributed by atoms with Gasteiger partial charge in [0.05, 0.1) is 0 Å². The predicted octanol–water partition coefficient (Wildman–Crippen LogP) is 24.1. The van der Waals surface area contributed by atoms with Crippen LogP contribution in [0.15, 0.2) is 437 Å². The molecule has 1 heteroatoms. The van der Waals surface area contributed by atoms with Crippen molar-refractivity contribution in [2.45, 2.75) is 0 Å². The molecule has 0 unspecified atom stereocenters. The molecule has 16 rings (SSSR count). The van der Waals surface area contributed by atoms with Gasteiger partial charge in [-0.3, -0.25) is 0 Å². The number of rotatable bonds is 20. The van der Waals surface area contributed by atoms with Gasteiger partial charge in [-0.2, -0.15) is 0 Å². The van der Waals surface area contributed by atoms with E-state index in [9.17, 15) is 0 Å². The first-order valence-corrected chi connectivity index (χ1v) is 41.9. The molecule has 0 saturated heterocycles. The first-order valence-electron chi connectivity index (χ1n) is 36.2. The van der Waals surface area contributed by atoms with Gasteiger partial charge < -0.3 is 0 Å². The van der Waals surface area contributed by atoms with Crippen LogP contribution < -0.4 is 14.3 Å². The molecule has 0 aliphatic carbocycles. The van der Waals surface area contributed by atoms with Crippen molar-refractivity contribution in [3.05, 3.63) is 504 Å². The molecule has 0 radical (unpaired) electrons.